The van der Waals surface area contributed by atoms with Crippen LogP contribution < -0.4 is 16.0 Å². The van der Waals surface area contributed by atoms with Crippen molar-refractivity contribution in [2.24, 2.45) is 11.8 Å². The van der Waals surface area contributed by atoms with Crippen molar-refractivity contribution in [2.45, 2.75) is 115 Å². The van der Waals surface area contributed by atoms with Crippen molar-refractivity contribution in [3.8, 4) is 0 Å². The molecular weight excluding hydrogens is 600 g/mol. The Balaban J connectivity index is 1.56. The van der Waals surface area contributed by atoms with Crippen LogP contribution in [0.4, 0.5) is 4.79 Å². The van der Waals surface area contributed by atoms with Crippen molar-refractivity contribution in [1.82, 2.24) is 30.8 Å². The summed E-state index contributed by atoms with van der Waals surface area (Å²) in [6.45, 7) is 5.85. The first-order valence-electron chi connectivity index (χ1n) is 16.9. The first-order valence-corrected chi connectivity index (χ1v) is 16.9. The number of imidazole rings is 1. The lowest BCUT2D eigenvalue weighted by atomic mass is 9.80. The van der Waals surface area contributed by atoms with Crippen molar-refractivity contribution < 1.29 is 29.0 Å². The fourth-order valence-electron chi connectivity index (χ4n) is 6.62. The number of aromatic amines is 1. The van der Waals surface area contributed by atoms with Crippen molar-refractivity contribution in [3.05, 3.63) is 54.1 Å². The number of aliphatic hydroxyl groups is 1. The summed E-state index contributed by atoms with van der Waals surface area (Å²) in [7, 11) is 1.74. The van der Waals surface area contributed by atoms with E-state index in [-0.39, 0.29) is 18.7 Å². The predicted molar refractivity (Wildman–Crippen MR) is 177 cm³/mol. The maximum Gasteiger partial charge on any atom is 0.408 e. The molecule has 1 aliphatic heterocycles. The van der Waals surface area contributed by atoms with E-state index in [0.29, 0.717) is 31.0 Å². The lowest BCUT2D eigenvalue weighted by molar-refractivity contribution is -0.143. The molecule has 2 fully saturated rings. The predicted octanol–water partition coefficient (Wildman–Crippen LogP) is 3.26. The molecule has 4 amide bonds. The number of benzene rings is 1. The molecule has 0 radical (unpaired) electrons. The second kappa shape index (κ2) is 16.8. The van der Waals surface area contributed by atoms with Gasteiger partial charge in [-0.3, -0.25) is 14.4 Å². The average molecular weight is 653 g/mol. The minimum Gasteiger partial charge on any atom is -0.444 e. The molecule has 0 bridgehead atoms. The normalized spacial score (nSPS) is 20.1. The van der Waals surface area contributed by atoms with E-state index in [1.165, 1.54) is 12.7 Å². The molecule has 5 atom stereocenters. The van der Waals surface area contributed by atoms with Gasteiger partial charge in [-0.05, 0) is 51.5 Å². The van der Waals surface area contributed by atoms with Crippen LogP contribution in [0, 0.1) is 11.8 Å². The summed E-state index contributed by atoms with van der Waals surface area (Å²) in [6, 6.07) is 6.49. The van der Waals surface area contributed by atoms with Crippen LogP contribution in [0.5, 0.6) is 0 Å². The molecule has 2 aliphatic rings. The highest BCUT2D eigenvalue weighted by atomic mass is 16.6. The zero-order chi connectivity index (χ0) is 34.0. The second-order valence-electron chi connectivity index (χ2n) is 14.1. The Hall–Kier alpha value is -3.93. The number of piperidine rings is 1. The SMILES string of the molecule is CN1CCCC([C@@H](O)[C@H](CC2CCCCC2)NC(=O)[C@H](Cc2cnc[nH]2)NC(=O)[C@H](Cc2ccccc2)NC(=O)OC(C)(C)C)C1=O. The van der Waals surface area contributed by atoms with E-state index in [4.69, 9.17) is 4.74 Å². The van der Waals surface area contributed by atoms with Crippen LogP contribution in [0.2, 0.25) is 0 Å². The molecule has 5 N–H and O–H groups in total. The van der Waals surface area contributed by atoms with Crippen molar-refractivity contribution >= 4 is 23.8 Å². The minimum atomic E-state index is -1.07. The van der Waals surface area contributed by atoms with Crippen LogP contribution >= 0.6 is 0 Å². The maximum absolute atomic E-state index is 14.1. The lowest BCUT2D eigenvalue weighted by Gasteiger charge is -2.37. The minimum absolute atomic E-state index is 0.0966. The van der Waals surface area contributed by atoms with Gasteiger partial charge in [0.15, 0.2) is 0 Å². The van der Waals surface area contributed by atoms with E-state index < -0.39 is 53.7 Å². The number of carbonyl (C=O) groups is 4. The number of aliphatic hydroxyl groups excluding tert-OH is 1. The number of nitrogens with zero attached hydrogens (tertiary/aromatic N) is 2. The topological polar surface area (TPSA) is 166 Å². The summed E-state index contributed by atoms with van der Waals surface area (Å²) >= 11 is 0. The zero-order valence-electron chi connectivity index (χ0n) is 28.2. The summed E-state index contributed by atoms with van der Waals surface area (Å²) < 4.78 is 5.44. The van der Waals surface area contributed by atoms with Gasteiger partial charge in [-0.1, -0.05) is 62.4 Å². The van der Waals surface area contributed by atoms with Gasteiger partial charge in [-0.15, -0.1) is 0 Å². The van der Waals surface area contributed by atoms with Crippen LogP contribution in [-0.2, 0) is 32.0 Å². The van der Waals surface area contributed by atoms with E-state index >= 15 is 0 Å². The number of amides is 4. The fourth-order valence-corrected chi connectivity index (χ4v) is 6.62. The number of alkyl carbamates (subject to hydrolysis) is 1. The number of nitrogens with one attached hydrogen (secondary N) is 4. The van der Waals surface area contributed by atoms with Crippen molar-refractivity contribution in [2.75, 3.05) is 13.6 Å². The summed E-state index contributed by atoms with van der Waals surface area (Å²) in [4.78, 5) is 62.5. The Bertz CT molecular complexity index is 1310. The molecule has 12 nitrogen and oxygen atoms in total. The molecule has 1 aliphatic carbocycles. The van der Waals surface area contributed by atoms with E-state index in [9.17, 15) is 24.3 Å². The number of rotatable bonds is 13. The van der Waals surface area contributed by atoms with Crippen molar-refractivity contribution in [3.63, 3.8) is 0 Å². The summed E-state index contributed by atoms with van der Waals surface area (Å²) in [6.07, 6.45) is 8.76. The molecule has 4 rings (SSSR count). The third-order valence-corrected chi connectivity index (χ3v) is 9.07. The third kappa shape index (κ3) is 11.1. The number of likely N-dealkylation sites (tertiary alicyclic amines) is 1. The fraction of sp³-hybridized carbons (Fsp3) is 0.629. The Morgan fingerprint density at radius 1 is 0.979 bits per heavy atom. The van der Waals surface area contributed by atoms with Crippen LogP contribution in [0.15, 0.2) is 42.9 Å². The molecule has 1 aromatic heterocycles. The summed E-state index contributed by atoms with van der Waals surface area (Å²) in [5, 5.41) is 20.2. The first kappa shape index (κ1) is 35.9. The molecule has 2 aromatic rings. The third-order valence-electron chi connectivity index (χ3n) is 9.07. The molecule has 12 heteroatoms. The molecule has 2 heterocycles. The van der Waals surface area contributed by atoms with Gasteiger partial charge < -0.3 is 35.7 Å². The monoisotopic (exact) mass is 652 g/mol. The molecule has 1 saturated carbocycles. The molecule has 1 saturated heterocycles. The summed E-state index contributed by atoms with van der Waals surface area (Å²) in [5.74, 6) is -1.47. The zero-order valence-corrected chi connectivity index (χ0v) is 28.2. The number of hydrogen-bond donors (Lipinski definition) is 5. The molecule has 47 heavy (non-hydrogen) atoms. The highest BCUT2D eigenvalue weighted by molar-refractivity contribution is 5.92. The molecule has 1 aromatic carbocycles. The number of H-pyrrole nitrogens is 1. The van der Waals surface area contributed by atoms with Gasteiger partial charge in [0.1, 0.15) is 17.7 Å². The first-order chi connectivity index (χ1) is 22.4. The Morgan fingerprint density at radius 2 is 1.66 bits per heavy atom. The maximum atomic E-state index is 14.1. The van der Waals surface area contributed by atoms with E-state index in [1.807, 2.05) is 30.3 Å². The van der Waals surface area contributed by atoms with Gasteiger partial charge in [0.05, 0.1) is 24.4 Å². The molecular formula is C35H52N6O6. The van der Waals surface area contributed by atoms with Gasteiger partial charge in [0, 0.05) is 38.3 Å². The van der Waals surface area contributed by atoms with Gasteiger partial charge in [-0.25, -0.2) is 9.78 Å². The highest BCUT2D eigenvalue weighted by Gasteiger charge is 2.39. The lowest BCUT2D eigenvalue weighted by Crippen LogP contribution is -2.59. The number of carbonyl (C=O) groups excluding carboxylic acids is 4. The Morgan fingerprint density at radius 3 is 2.32 bits per heavy atom. The van der Waals surface area contributed by atoms with Crippen LogP contribution in [-0.4, -0.2) is 87.2 Å². The quantitative estimate of drug-likeness (QED) is 0.222. The number of aromatic nitrogens is 2. The Labute approximate surface area is 277 Å². The van der Waals surface area contributed by atoms with Crippen molar-refractivity contribution in [1.29, 1.82) is 0 Å². The van der Waals surface area contributed by atoms with Gasteiger partial charge in [-0.2, -0.15) is 0 Å². The van der Waals surface area contributed by atoms with E-state index in [0.717, 1.165) is 37.7 Å². The standard InChI is InChI=1S/C35H52N6O6/c1-35(2,3)47-34(46)40-28(19-24-14-9-6-10-15-24)31(43)39-29(20-25-21-36-22-37-25)32(44)38-27(18-23-12-7-5-8-13-23)30(42)26-16-11-17-41(4)33(26)45/h6,9-10,14-15,21-23,26-30,42H,5,7-8,11-13,16-20H2,1-4H3,(H,36,37)(H,38,44)(H,39,43)(H,40,46)/t26?,27-,28-,29-,30+/m0/s1. The molecule has 258 valence electrons. The summed E-state index contributed by atoms with van der Waals surface area (Å²) in [5.41, 5.74) is 0.665. The number of hydrogen-bond acceptors (Lipinski definition) is 7. The smallest absolute Gasteiger partial charge is 0.408 e. The molecule has 0 spiro atoms. The largest absolute Gasteiger partial charge is 0.444 e. The van der Waals surface area contributed by atoms with Gasteiger partial charge in [0.25, 0.3) is 0 Å². The Kier molecular flexibility index (Phi) is 12.8. The van der Waals surface area contributed by atoms with Crippen LogP contribution in [0.1, 0.15) is 83.4 Å². The van der Waals surface area contributed by atoms with Crippen LogP contribution in [0.3, 0.4) is 0 Å². The van der Waals surface area contributed by atoms with E-state index in [2.05, 4.69) is 25.9 Å². The van der Waals surface area contributed by atoms with Gasteiger partial charge in [0.2, 0.25) is 17.7 Å². The second-order valence-corrected chi connectivity index (χ2v) is 14.1. The van der Waals surface area contributed by atoms with E-state index in [1.54, 1.807) is 38.9 Å². The van der Waals surface area contributed by atoms with Crippen LogP contribution in [0.25, 0.3) is 0 Å². The van der Waals surface area contributed by atoms with Gasteiger partial charge >= 0.3 is 6.09 Å². The average Bonchev–Trinajstić information content (AvgIpc) is 3.54. The molecule has 1 unspecified atom stereocenters. The number of ether oxygens (including phenoxy) is 1. The highest BCUT2D eigenvalue weighted by Crippen LogP contribution is 2.31.